The zero-order chi connectivity index (χ0) is 20.0. The average molecular weight is 404 g/mol. The molecule has 2 aliphatic rings. The van der Waals surface area contributed by atoms with Crippen molar-refractivity contribution >= 4 is 17.7 Å². The molecule has 1 saturated heterocycles. The summed E-state index contributed by atoms with van der Waals surface area (Å²) in [6.07, 6.45) is 10.7. The number of benzene rings is 1. The van der Waals surface area contributed by atoms with Gasteiger partial charge in [0.05, 0.1) is 0 Å². The Hall–Kier alpha value is -1.16. The summed E-state index contributed by atoms with van der Waals surface area (Å²) in [6, 6.07) is 8.19. The van der Waals surface area contributed by atoms with Crippen LogP contribution in [0.25, 0.3) is 0 Å². The molecule has 3 rings (SSSR count). The smallest absolute Gasteiger partial charge is 0.260 e. The first-order chi connectivity index (χ1) is 13.5. The molecule has 28 heavy (non-hydrogen) atoms. The molecule has 2 unspecified atom stereocenters. The lowest BCUT2D eigenvalue weighted by Crippen LogP contribution is -2.44. The number of carbonyl (C=O) groups excluding carboxylic acids is 1. The van der Waals surface area contributed by atoms with E-state index in [0.29, 0.717) is 10.7 Å². The molecule has 1 aliphatic heterocycles. The molecule has 0 N–H and O–H groups in total. The van der Waals surface area contributed by atoms with Crippen LogP contribution in [0, 0.1) is 12.3 Å². The van der Waals surface area contributed by atoms with Gasteiger partial charge in [-0.3, -0.25) is 4.79 Å². The molecule has 0 radical (unpaired) electrons. The number of ether oxygens (including phenoxy) is 1. The van der Waals surface area contributed by atoms with Gasteiger partial charge in [-0.05, 0) is 62.8 Å². The second kappa shape index (κ2) is 10.0. The minimum absolute atomic E-state index is 0.123. The van der Waals surface area contributed by atoms with Crippen molar-refractivity contribution in [2.45, 2.75) is 83.4 Å². The van der Waals surface area contributed by atoms with Crippen molar-refractivity contribution in [1.29, 1.82) is 0 Å². The number of rotatable bonds is 7. The summed E-state index contributed by atoms with van der Waals surface area (Å²) in [5.74, 6) is 2.19. The van der Waals surface area contributed by atoms with Crippen LogP contribution >= 0.6 is 11.8 Å². The van der Waals surface area contributed by atoms with Crippen LogP contribution in [0.4, 0.5) is 0 Å². The van der Waals surface area contributed by atoms with Gasteiger partial charge in [-0.2, -0.15) is 11.8 Å². The highest BCUT2D eigenvalue weighted by Crippen LogP contribution is 2.49. The lowest BCUT2D eigenvalue weighted by molar-refractivity contribution is -0.135. The van der Waals surface area contributed by atoms with E-state index in [9.17, 15) is 4.79 Å². The van der Waals surface area contributed by atoms with Crippen LogP contribution in [-0.4, -0.2) is 41.0 Å². The second-order valence-corrected chi connectivity index (χ2v) is 10.2. The van der Waals surface area contributed by atoms with Crippen LogP contribution in [0.5, 0.6) is 5.75 Å². The number of thioether (sulfide) groups is 1. The number of carbonyl (C=O) groups is 1. The zero-order valence-electron chi connectivity index (χ0n) is 17.9. The van der Waals surface area contributed by atoms with Crippen LogP contribution < -0.4 is 4.74 Å². The molecule has 1 amide bonds. The molecule has 1 aromatic carbocycles. The summed E-state index contributed by atoms with van der Waals surface area (Å²) in [5, 5.41) is 0.579. The Labute approximate surface area is 175 Å². The van der Waals surface area contributed by atoms with Crippen molar-refractivity contribution < 1.29 is 9.53 Å². The number of amides is 1. The first-order valence-corrected chi connectivity index (χ1v) is 12.2. The van der Waals surface area contributed by atoms with E-state index >= 15 is 0 Å². The highest BCUT2D eigenvalue weighted by molar-refractivity contribution is 8.00. The maximum Gasteiger partial charge on any atom is 0.260 e. The molecule has 2 fully saturated rings. The largest absolute Gasteiger partial charge is 0.484 e. The predicted octanol–water partition coefficient (Wildman–Crippen LogP) is 5.85. The normalized spacial score (nSPS) is 22.6. The number of hydrogen-bond acceptors (Lipinski definition) is 3. The van der Waals surface area contributed by atoms with Crippen LogP contribution in [0.2, 0.25) is 0 Å². The maximum atomic E-state index is 13.0. The molecule has 1 spiro atoms. The molecule has 2 atom stereocenters. The fourth-order valence-electron chi connectivity index (χ4n) is 4.67. The standard InChI is InChI=1S/C24H37NO2S/c1-4-20(3)25(23(26)17-27-21-11-9-19(2)10-12-21)16-22-15-24(18-28-22)13-7-5-6-8-14-24/h9-12,20,22H,4-8,13-18H2,1-3H3. The Morgan fingerprint density at radius 3 is 2.54 bits per heavy atom. The van der Waals surface area contributed by atoms with Gasteiger partial charge in [-0.25, -0.2) is 0 Å². The summed E-state index contributed by atoms with van der Waals surface area (Å²) in [7, 11) is 0. The van der Waals surface area contributed by atoms with Gasteiger partial charge in [0.25, 0.3) is 5.91 Å². The third kappa shape index (κ3) is 5.68. The van der Waals surface area contributed by atoms with Gasteiger partial charge in [0, 0.05) is 17.8 Å². The summed E-state index contributed by atoms with van der Waals surface area (Å²) in [6.45, 7) is 7.40. The van der Waals surface area contributed by atoms with Crippen molar-refractivity contribution in [3.05, 3.63) is 29.8 Å². The van der Waals surface area contributed by atoms with E-state index in [0.717, 1.165) is 18.7 Å². The van der Waals surface area contributed by atoms with Gasteiger partial charge in [0.1, 0.15) is 5.75 Å². The van der Waals surface area contributed by atoms with Gasteiger partial charge >= 0.3 is 0 Å². The van der Waals surface area contributed by atoms with Crippen molar-refractivity contribution in [1.82, 2.24) is 4.90 Å². The van der Waals surface area contributed by atoms with Crippen LogP contribution in [-0.2, 0) is 4.79 Å². The molecular formula is C24H37NO2S. The van der Waals surface area contributed by atoms with Gasteiger partial charge in [0.2, 0.25) is 0 Å². The fourth-order valence-corrected chi connectivity index (χ4v) is 6.40. The molecule has 4 heteroatoms. The highest BCUT2D eigenvalue weighted by Gasteiger charge is 2.40. The van der Waals surface area contributed by atoms with E-state index in [4.69, 9.17) is 4.74 Å². The highest BCUT2D eigenvalue weighted by atomic mass is 32.2. The summed E-state index contributed by atoms with van der Waals surface area (Å²) in [5.41, 5.74) is 1.75. The molecule has 1 aliphatic carbocycles. The van der Waals surface area contributed by atoms with Gasteiger partial charge < -0.3 is 9.64 Å². The number of hydrogen-bond donors (Lipinski definition) is 0. The minimum Gasteiger partial charge on any atom is -0.484 e. The predicted molar refractivity (Wildman–Crippen MR) is 119 cm³/mol. The fraction of sp³-hybridized carbons (Fsp3) is 0.708. The molecule has 0 aromatic heterocycles. The zero-order valence-corrected chi connectivity index (χ0v) is 18.7. The Balaban J connectivity index is 1.57. The van der Waals surface area contributed by atoms with Gasteiger partial charge in [-0.15, -0.1) is 0 Å². The molecule has 156 valence electrons. The van der Waals surface area contributed by atoms with E-state index < -0.39 is 0 Å². The first-order valence-electron chi connectivity index (χ1n) is 11.1. The topological polar surface area (TPSA) is 29.5 Å². The molecule has 0 bridgehead atoms. The average Bonchev–Trinajstić information content (AvgIpc) is 2.95. The molecule has 1 aromatic rings. The van der Waals surface area contributed by atoms with Crippen LogP contribution in [0.15, 0.2) is 24.3 Å². The van der Waals surface area contributed by atoms with Crippen molar-refractivity contribution in [2.24, 2.45) is 5.41 Å². The van der Waals surface area contributed by atoms with E-state index in [2.05, 4.69) is 37.4 Å². The quantitative estimate of drug-likeness (QED) is 0.572. The van der Waals surface area contributed by atoms with Gasteiger partial charge in [0.15, 0.2) is 6.61 Å². The summed E-state index contributed by atoms with van der Waals surface area (Å²) >= 11 is 2.11. The van der Waals surface area contributed by atoms with Crippen molar-refractivity contribution in [3.63, 3.8) is 0 Å². The molecular weight excluding hydrogens is 366 g/mol. The number of aryl methyl sites for hydroxylation is 1. The Bertz CT molecular complexity index is 622. The molecule has 3 nitrogen and oxygen atoms in total. The Morgan fingerprint density at radius 2 is 1.89 bits per heavy atom. The molecule has 1 saturated carbocycles. The Kier molecular flexibility index (Phi) is 7.73. The lowest BCUT2D eigenvalue weighted by Gasteiger charge is -2.32. The van der Waals surface area contributed by atoms with Crippen LogP contribution in [0.3, 0.4) is 0 Å². The summed E-state index contributed by atoms with van der Waals surface area (Å²) in [4.78, 5) is 15.1. The lowest BCUT2D eigenvalue weighted by atomic mass is 9.78. The van der Waals surface area contributed by atoms with E-state index in [1.165, 1.54) is 56.3 Å². The van der Waals surface area contributed by atoms with E-state index in [1.807, 2.05) is 24.3 Å². The van der Waals surface area contributed by atoms with Crippen LogP contribution in [0.1, 0.15) is 70.8 Å². The minimum atomic E-state index is 0.123. The SMILES string of the molecule is CCC(C)N(CC1CC2(CCCCCC2)CS1)C(=O)COc1ccc(C)cc1. The first kappa shape index (κ1) is 21.5. The Morgan fingerprint density at radius 1 is 1.21 bits per heavy atom. The maximum absolute atomic E-state index is 13.0. The third-order valence-electron chi connectivity index (χ3n) is 6.68. The van der Waals surface area contributed by atoms with Crippen molar-refractivity contribution in [3.8, 4) is 5.75 Å². The third-order valence-corrected chi connectivity index (χ3v) is 8.24. The van der Waals surface area contributed by atoms with E-state index in [1.54, 1.807) is 0 Å². The van der Waals surface area contributed by atoms with Gasteiger partial charge in [-0.1, -0.05) is 50.3 Å². The monoisotopic (exact) mass is 403 g/mol. The van der Waals surface area contributed by atoms with E-state index in [-0.39, 0.29) is 18.6 Å². The summed E-state index contributed by atoms with van der Waals surface area (Å²) < 4.78 is 5.79. The molecule has 1 heterocycles. The second-order valence-electron chi connectivity index (χ2n) is 8.96. The van der Waals surface area contributed by atoms with Crippen molar-refractivity contribution in [2.75, 3.05) is 18.9 Å². The number of nitrogens with zero attached hydrogens (tertiary/aromatic N) is 1.